The first-order chi connectivity index (χ1) is 12.4. The normalized spacial score (nSPS) is 11.4. The van der Waals surface area contributed by atoms with Crippen LogP contribution in [0.3, 0.4) is 0 Å². The summed E-state index contributed by atoms with van der Waals surface area (Å²) in [6.45, 7) is 0. The largest absolute Gasteiger partial charge is 0.497 e. The van der Waals surface area contributed by atoms with Crippen LogP contribution in [0.15, 0.2) is 47.4 Å². The third-order valence-electron chi connectivity index (χ3n) is 3.47. The molecule has 0 atom stereocenters. The molecule has 0 fully saturated rings. The van der Waals surface area contributed by atoms with Crippen molar-refractivity contribution in [1.29, 1.82) is 5.26 Å². The van der Waals surface area contributed by atoms with Crippen molar-refractivity contribution in [3.05, 3.63) is 52.9 Å². The fourth-order valence-electron chi connectivity index (χ4n) is 2.13. The standard InChI is InChI=1S/C18H18N2O5S/c1-23-15-6-4-14(5-7-15)20-26(21,22)17(12-19)11-13-10-16(24-2)8-9-18(13)25-3/h4-11,20H,1-3H3. The van der Waals surface area contributed by atoms with Crippen LogP contribution in [0.4, 0.5) is 5.69 Å². The molecular weight excluding hydrogens is 356 g/mol. The zero-order chi connectivity index (χ0) is 19.2. The molecule has 0 spiro atoms. The van der Waals surface area contributed by atoms with Crippen molar-refractivity contribution >= 4 is 21.8 Å². The molecule has 0 radical (unpaired) electrons. The Bertz CT molecular complexity index is 945. The molecule has 26 heavy (non-hydrogen) atoms. The molecule has 7 nitrogen and oxygen atoms in total. The monoisotopic (exact) mass is 374 g/mol. The first-order valence-corrected chi connectivity index (χ1v) is 8.92. The first kappa shape index (κ1) is 19.1. The van der Waals surface area contributed by atoms with E-state index in [2.05, 4.69) is 4.72 Å². The van der Waals surface area contributed by atoms with Crippen molar-refractivity contribution < 1.29 is 22.6 Å². The second-order valence-electron chi connectivity index (χ2n) is 5.06. The van der Waals surface area contributed by atoms with Crippen molar-refractivity contribution in [2.75, 3.05) is 26.1 Å². The zero-order valence-electron chi connectivity index (χ0n) is 14.5. The maximum atomic E-state index is 12.5. The number of methoxy groups -OCH3 is 3. The molecule has 0 unspecified atom stereocenters. The van der Waals surface area contributed by atoms with Crippen LogP contribution in [0.5, 0.6) is 17.2 Å². The minimum atomic E-state index is -4.07. The van der Waals surface area contributed by atoms with E-state index >= 15 is 0 Å². The van der Waals surface area contributed by atoms with Crippen molar-refractivity contribution in [2.45, 2.75) is 0 Å². The van der Waals surface area contributed by atoms with E-state index in [-0.39, 0.29) is 0 Å². The summed E-state index contributed by atoms with van der Waals surface area (Å²) >= 11 is 0. The van der Waals surface area contributed by atoms with Gasteiger partial charge in [0.2, 0.25) is 0 Å². The number of nitriles is 1. The molecule has 1 N–H and O–H groups in total. The maximum Gasteiger partial charge on any atom is 0.272 e. The lowest BCUT2D eigenvalue weighted by Gasteiger charge is -2.10. The third kappa shape index (κ3) is 4.46. The van der Waals surface area contributed by atoms with Gasteiger partial charge < -0.3 is 14.2 Å². The van der Waals surface area contributed by atoms with Gasteiger partial charge in [0.05, 0.1) is 21.3 Å². The Hall–Kier alpha value is -3.18. The van der Waals surface area contributed by atoms with E-state index in [0.717, 1.165) is 0 Å². The highest BCUT2D eigenvalue weighted by atomic mass is 32.2. The summed E-state index contributed by atoms with van der Waals surface area (Å²) in [4.78, 5) is -0.458. The Kier molecular flexibility index (Phi) is 6.09. The van der Waals surface area contributed by atoms with Crippen molar-refractivity contribution in [2.24, 2.45) is 0 Å². The molecule has 2 aromatic rings. The van der Waals surface area contributed by atoms with Crippen LogP contribution in [0, 0.1) is 11.3 Å². The highest BCUT2D eigenvalue weighted by Gasteiger charge is 2.19. The number of ether oxygens (including phenoxy) is 3. The minimum Gasteiger partial charge on any atom is -0.497 e. The predicted octanol–water partition coefficient (Wildman–Crippen LogP) is 3.02. The second kappa shape index (κ2) is 8.27. The van der Waals surface area contributed by atoms with Gasteiger partial charge in [-0.1, -0.05) is 0 Å². The van der Waals surface area contributed by atoms with Crippen LogP contribution in [0.25, 0.3) is 6.08 Å². The van der Waals surface area contributed by atoms with Crippen LogP contribution in [-0.2, 0) is 10.0 Å². The summed E-state index contributed by atoms with van der Waals surface area (Å²) in [6.07, 6.45) is 1.23. The van der Waals surface area contributed by atoms with E-state index < -0.39 is 14.9 Å². The number of benzene rings is 2. The van der Waals surface area contributed by atoms with E-state index in [1.54, 1.807) is 36.4 Å². The van der Waals surface area contributed by atoms with Gasteiger partial charge in [0.15, 0.2) is 4.91 Å². The lowest BCUT2D eigenvalue weighted by atomic mass is 10.1. The Morgan fingerprint density at radius 3 is 2.15 bits per heavy atom. The molecule has 0 bridgehead atoms. The Morgan fingerprint density at radius 1 is 1.00 bits per heavy atom. The molecule has 8 heteroatoms. The number of hydrogen-bond donors (Lipinski definition) is 1. The summed E-state index contributed by atoms with van der Waals surface area (Å²) in [5, 5.41) is 9.34. The summed E-state index contributed by atoms with van der Waals surface area (Å²) in [6, 6.07) is 12.9. The van der Waals surface area contributed by atoms with E-state index in [4.69, 9.17) is 14.2 Å². The summed E-state index contributed by atoms with van der Waals surface area (Å²) < 4.78 is 42.8. The lowest BCUT2D eigenvalue weighted by molar-refractivity contribution is 0.402. The number of hydrogen-bond acceptors (Lipinski definition) is 6. The minimum absolute atomic E-state index is 0.310. The van der Waals surface area contributed by atoms with Gasteiger partial charge >= 0.3 is 0 Å². The van der Waals surface area contributed by atoms with Crippen LogP contribution in [0.1, 0.15) is 5.56 Å². The summed E-state index contributed by atoms with van der Waals surface area (Å²) in [7, 11) is 0.378. The van der Waals surface area contributed by atoms with Gasteiger partial charge in [0, 0.05) is 11.3 Å². The van der Waals surface area contributed by atoms with Gasteiger partial charge in [0.25, 0.3) is 10.0 Å². The van der Waals surface area contributed by atoms with Gasteiger partial charge in [-0.2, -0.15) is 5.26 Å². The molecule has 0 aliphatic carbocycles. The van der Waals surface area contributed by atoms with Crippen molar-refractivity contribution in [3.63, 3.8) is 0 Å². The van der Waals surface area contributed by atoms with Gasteiger partial charge in [-0.25, -0.2) is 8.42 Å². The molecule has 0 amide bonds. The average molecular weight is 374 g/mol. The van der Waals surface area contributed by atoms with Crippen molar-refractivity contribution in [1.82, 2.24) is 0 Å². The van der Waals surface area contributed by atoms with Gasteiger partial charge in [-0.3, -0.25) is 4.72 Å². The third-order valence-corrected chi connectivity index (χ3v) is 4.76. The number of nitrogens with one attached hydrogen (secondary N) is 1. The van der Waals surface area contributed by atoms with E-state index in [0.29, 0.717) is 28.5 Å². The molecule has 0 aromatic heterocycles. The Labute approximate surface area is 152 Å². The van der Waals surface area contributed by atoms with E-state index in [1.165, 1.54) is 39.5 Å². The summed E-state index contributed by atoms with van der Waals surface area (Å²) in [5.74, 6) is 1.51. The number of rotatable bonds is 7. The van der Waals surface area contributed by atoms with E-state index in [9.17, 15) is 13.7 Å². The topological polar surface area (TPSA) is 97.7 Å². The smallest absolute Gasteiger partial charge is 0.272 e. The van der Waals surface area contributed by atoms with Crippen LogP contribution < -0.4 is 18.9 Å². The highest BCUT2D eigenvalue weighted by molar-refractivity contribution is 7.96. The molecule has 0 heterocycles. The first-order valence-electron chi connectivity index (χ1n) is 7.44. The number of sulfonamides is 1. The van der Waals surface area contributed by atoms with Crippen LogP contribution in [-0.4, -0.2) is 29.7 Å². The predicted molar refractivity (Wildman–Crippen MR) is 98.7 cm³/mol. The van der Waals surface area contributed by atoms with Crippen LogP contribution >= 0.6 is 0 Å². The SMILES string of the molecule is COc1ccc(NS(=O)(=O)C(C#N)=Cc2cc(OC)ccc2OC)cc1. The Balaban J connectivity index is 2.39. The van der Waals surface area contributed by atoms with E-state index in [1.807, 2.05) is 0 Å². The second-order valence-corrected chi connectivity index (χ2v) is 6.71. The molecule has 0 saturated carbocycles. The van der Waals surface area contributed by atoms with Gasteiger partial charge in [-0.15, -0.1) is 0 Å². The molecule has 0 aliphatic heterocycles. The highest BCUT2D eigenvalue weighted by Crippen LogP contribution is 2.27. The number of anilines is 1. The maximum absolute atomic E-state index is 12.5. The summed E-state index contributed by atoms with van der Waals surface area (Å²) in [5.41, 5.74) is 0.716. The lowest BCUT2D eigenvalue weighted by Crippen LogP contribution is -2.14. The number of allylic oxidation sites excluding steroid dienone is 1. The Morgan fingerprint density at radius 2 is 1.62 bits per heavy atom. The zero-order valence-corrected chi connectivity index (χ0v) is 15.3. The quantitative estimate of drug-likeness (QED) is 0.748. The molecule has 2 rings (SSSR count). The van der Waals surface area contributed by atoms with Gasteiger partial charge in [-0.05, 0) is 48.5 Å². The van der Waals surface area contributed by atoms with Gasteiger partial charge in [0.1, 0.15) is 23.3 Å². The molecule has 0 saturated heterocycles. The van der Waals surface area contributed by atoms with Crippen LogP contribution in [0.2, 0.25) is 0 Å². The fraction of sp³-hybridized carbons (Fsp3) is 0.167. The molecule has 0 aliphatic rings. The molecular formula is C18H18N2O5S. The number of nitrogens with zero attached hydrogens (tertiary/aromatic N) is 1. The average Bonchev–Trinajstić information content (AvgIpc) is 2.65. The molecule has 2 aromatic carbocycles. The molecule has 136 valence electrons. The fourth-order valence-corrected chi connectivity index (χ4v) is 3.09. The van der Waals surface area contributed by atoms with Crippen molar-refractivity contribution in [3.8, 4) is 23.3 Å².